The second-order valence-electron chi connectivity index (χ2n) is 7.65. The summed E-state index contributed by atoms with van der Waals surface area (Å²) in [6.07, 6.45) is -3.37. The van der Waals surface area contributed by atoms with Gasteiger partial charge < -0.3 is 10.2 Å². The maximum atomic E-state index is 14.1. The molecule has 1 N–H and O–H groups in total. The van der Waals surface area contributed by atoms with E-state index in [2.05, 4.69) is 10.5 Å². The van der Waals surface area contributed by atoms with Crippen molar-refractivity contribution in [3.63, 3.8) is 0 Å². The van der Waals surface area contributed by atoms with Crippen molar-refractivity contribution in [1.29, 1.82) is 0 Å². The number of aryl methyl sites for hydroxylation is 1. The lowest BCUT2D eigenvalue weighted by Gasteiger charge is -2.29. The number of carbonyl (C=O) groups excluding carboxylic acids is 1. The number of nitrogens with zero attached hydrogens (tertiary/aromatic N) is 1. The maximum absolute atomic E-state index is 14.1. The quantitative estimate of drug-likeness (QED) is 0.497. The Kier molecular flexibility index (Phi) is 7.37. The first-order chi connectivity index (χ1) is 15.0. The number of halogens is 5. The normalized spacial score (nSPS) is 19.3. The number of amides is 1. The molecule has 2 aromatic carbocycles. The van der Waals surface area contributed by atoms with Crippen LogP contribution in [0.1, 0.15) is 40.4 Å². The number of nitrogens with one attached hydrogen (secondary N) is 1. The first-order valence-electron chi connectivity index (χ1n) is 9.66. The van der Waals surface area contributed by atoms with Crippen molar-refractivity contribution < 1.29 is 22.8 Å². The first-order valence-corrected chi connectivity index (χ1v) is 11.8. The highest BCUT2D eigenvalue weighted by atomic mass is 35.5. The van der Waals surface area contributed by atoms with Crippen LogP contribution < -0.4 is 5.32 Å². The molecule has 0 fully saturated rings. The molecule has 0 radical (unpaired) electrons. The van der Waals surface area contributed by atoms with Crippen LogP contribution in [0.25, 0.3) is 0 Å². The third-order valence-electron chi connectivity index (χ3n) is 5.11. The molecule has 2 unspecified atom stereocenters. The van der Waals surface area contributed by atoms with E-state index < -0.39 is 18.2 Å². The Morgan fingerprint density at radius 3 is 2.47 bits per heavy atom. The van der Waals surface area contributed by atoms with E-state index in [9.17, 15) is 18.0 Å². The number of carbonyl (C=O) groups is 1. The van der Waals surface area contributed by atoms with Gasteiger partial charge in [-0.15, -0.1) is 0 Å². The van der Waals surface area contributed by atoms with E-state index in [1.54, 1.807) is 36.9 Å². The van der Waals surface area contributed by atoms with Crippen LogP contribution in [0.4, 0.5) is 13.2 Å². The van der Waals surface area contributed by atoms with E-state index >= 15 is 0 Å². The van der Waals surface area contributed by atoms with Crippen molar-refractivity contribution in [2.45, 2.75) is 38.1 Å². The summed E-state index contributed by atoms with van der Waals surface area (Å²) < 4.78 is 42.4. The topological polar surface area (TPSA) is 50.7 Å². The van der Waals surface area contributed by atoms with Crippen LogP contribution in [0.3, 0.4) is 0 Å². The van der Waals surface area contributed by atoms with Crippen LogP contribution >= 0.6 is 35.0 Å². The summed E-state index contributed by atoms with van der Waals surface area (Å²) in [5.74, 6) is 0.530. The highest BCUT2D eigenvalue weighted by Gasteiger charge is 2.62. The zero-order valence-corrected chi connectivity index (χ0v) is 19.8. The van der Waals surface area contributed by atoms with Crippen LogP contribution in [0, 0.1) is 6.92 Å². The minimum Gasteiger partial charge on any atom is -0.374 e. The fourth-order valence-corrected chi connectivity index (χ4v) is 4.65. The Hall–Kier alpha value is -1.90. The van der Waals surface area contributed by atoms with Crippen molar-refractivity contribution in [3.8, 4) is 0 Å². The van der Waals surface area contributed by atoms with Crippen molar-refractivity contribution in [2.75, 3.05) is 12.0 Å². The largest absolute Gasteiger partial charge is 0.435 e. The Bertz CT molecular complexity index is 1040. The summed E-state index contributed by atoms with van der Waals surface area (Å²) in [4.78, 5) is 17.5. The van der Waals surface area contributed by atoms with Gasteiger partial charge in [-0.05, 0) is 61.6 Å². The fraction of sp³-hybridized carbons (Fsp3) is 0.364. The third kappa shape index (κ3) is 5.02. The standard InChI is InChI=1S/C22H21Cl2F3N2O2S/c1-12-6-14(4-5-18(12)20(30)28-13(2)11-32-3)19-10-21(31-29-19,22(25,26)27)15-7-16(23)9-17(24)8-15/h4-9,13H,10-11H2,1-3H3,(H,28,30). The average Bonchev–Trinajstić information content (AvgIpc) is 3.14. The Balaban J connectivity index is 1.88. The van der Waals surface area contributed by atoms with Crippen LogP contribution in [0.15, 0.2) is 41.6 Å². The molecule has 1 amide bonds. The second-order valence-corrected chi connectivity index (χ2v) is 9.43. The minimum absolute atomic E-state index is 0.0129. The smallest absolute Gasteiger partial charge is 0.374 e. The van der Waals surface area contributed by atoms with Crippen LogP contribution in [0.2, 0.25) is 10.0 Å². The van der Waals surface area contributed by atoms with Gasteiger partial charge in [0.15, 0.2) is 0 Å². The van der Waals surface area contributed by atoms with E-state index in [1.165, 1.54) is 18.2 Å². The number of thioether (sulfide) groups is 1. The number of hydrogen-bond acceptors (Lipinski definition) is 4. The zero-order valence-electron chi connectivity index (χ0n) is 17.5. The molecule has 0 aromatic heterocycles. The highest BCUT2D eigenvalue weighted by Crippen LogP contribution is 2.49. The van der Waals surface area contributed by atoms with Gasteiger partial charge in [-0.1, -0.05) is 34.4 Å². The van der Waals surface area contributed by atoms with Gasteiger partial charge >= 0.3 is 6.18 Å². The first kappa shape index (κ1) is 24.7. The lowest BCUT2D eigenvalue weighted by atomic mass is 9.86. The van der Waals surface area contributed by atoms with Crippen molar-refractivity contribution in [1.82, 2.24) is 5.32 Å². The second kappa shape index (κ2) is 9.53. The maximum Gasteiger partial charge on any atom is 0.435 e. The van der Waals surface area contributed by atoms with E-state index in [4.69, 9.17) is 28.0 Å². The van der Waals surface area contributed by atoms with Gasteiger partial charge in [0.25, 0.3) is 11.5 Å². The molecule has 10 heteroatoms. The average molecular weight is 505 g/mol. The molecule has 32 heavy (non-hydrogen) atoms. The van der Waals surface area contributed by atoms with Gasteiger partial charge in [0.1, 0.15) is 0 Å². The number of alkyl halides is 3. The molecular formula is C22H21Cl2F3N2O2S. The van der Waals surface area contributed by atoms with Gasteiger partial charge in [-0.2, -0.15) is 24.9 Å². The van der Waals surface area contributed by atoms with Crippen LogP contribution in [-0.4, -0.2) is 35.8 Å². The Labute approximate surface area is 198 Å². The summed E-state index contributed by atoms with van der Waals surface area (Å²) >= 11 is 13.5. The van der Waals surface area contributed by atoms with Gasteiger partial charge in [0.05, 0.1) is 5.71 Å². The monoisotopic (exact) mass is 504 g/mol. The molecule has 172 valence electrons. The minimum atomic E-state index is -4.77. The van der Waals surface area contributed by atoms with E-state index in [-0.39, 0.29) is 33.3 Å². The van der Waals surface area contributed by atoms with Crippen molar-refractivity contribution in [3.05, 3.63) is 68.7 Å². The summed E-state index contributed by atoms with van der Waals surface area (Å²) in [6, 6.07) is 8.47. The fourth-order valence-electron chi connectivity index (χ4n) is 3.54. The molecule has 0 aliphatic carbocycles. The Morgan fingerprint density at radius 2 is 1.91 bits per heavy atom. The number of rotatable bonds is 6. The molecule has 0 saturated heterocycles. The van der Waals surface area contributed by atoms with Gasteiger partial charge in [0, 0.05) is 39.4 Å². The van der Waals surface area contributed by atoms with Gasteiger partial charge in [-0.3, -0.25) is 4.79 Å². The summed E-state index contributed by atoms with van der Waals surface area (Å²) in [5.41, 5.74) is -1.30. The lowest BCUT2D eigenvalue weighted by molar-refractivity contribution is -0.275. The molecule has 2 atom stereocenters. The lowest BCUT2D eigenvalue weighted by Crippen LogP contribution is -2.42. The SMILES string of the molecule is CSCC(C)NC(=O)c1ccc(C2=NOC(c3cc(Cl)cc(Cl)c3)(C(F)(F)F)C2)cc1C. The van der Waals surface area contributed by atoms with Gasteiger partial charge in [0.2, 0.25) is 0 Å². The van der Waals surface area contributed by atoms with Gasteiger partial charge in [-0.25, -0.2) is 0 Å². The van der Waals surface area contributed by atoms with E-state index in [0.717, 1.165) is 5.75 Å². The Morgan fingerprint density at radius 1 is 1.25 bits per heavy atom. The van der Waals surface area contributed by atoms with E-state index in [1.807, 2.05) is 13.2 Å². The molecule has 1 aliphatic heterocycles. The molecule has 3 rings (SSSR count). The summed E-state index contributed by atoms with van der Waals surface area (Å²) in [5, 5.41) is 6.79. The molecule has 1 aliphatic rings. The molecule has 1 heterocycles. The number of benzene rings is 2. The zero-order chi connectivity index (χ0) is 23.7. The number of hydrogen-bond donors (Lipinski definition) is 1. The highest BCUT2D eigenvalue weighted by molar-refractivity contribution is 7.98. The summed E-state index contributed by atoms with van der Waals surface area (Å²) in [6.45, 7) is 3.63. The van der Waals surface area contributed by atoms with E-state index in [0.29, 0.717) is 16.7 Å². The molecule has 4 nitrogen and oxygen atoms in total. The molecule has 0 spiro atoms. The molecule has 0 bridgehead atoms. The van der Waals surface area contributed by atoms with Crippen LogP contribution in [0.5, 0.6) is 0 Å². The van der Waals surface area contributed by atoms with Crippen molar-refractivity contribution in [2.24, 2.45) is 5.16 Å². The molecule has 0 saturated carbocycles. The predicted molar refractivity (Wildman–Crippen MR) is 123 cm³/mol. The molecule has 2 aromatic rings. The van der Waals surface area contributed by atoms with Crippen molar-refractivity contribution >= 4 is 46.6 Å². The predicted octanol–water partition coefficient (Wildman–Crippen LogP) is 6.37. The van der Waals surface area contributed by atoms with Crippen LogP contribution in [-0.2, 0) is 10.4 Å². The third-order valence-corrected chi connectivity index (χ3v) is 6.38. The number of oxime groups is 1. The summed E-state index contributed by atoms with van der Waals surface area (Å²) in [7, 11) is 0. The molecular weight excluding hydrogens is 484 g/mol.